The number of aromatic nitrogens is 3. The van der Waals surface area contributed by atoms with Crippen LogP contribution in [0.15, 0.2) is 18.3 Å². The largest absolute Gasteiger partial charge is 0.378 e. The molecule has 2 aromatic heterocycles. The Morgan fingerprint density at radius 3 is 2.44 bits per heavy atom. The lowest BCUT2D eigenvalue weighted by Gasteiger charge is -2.29. The second-order valence-corrected chi connectivity index (χ2v) is 9.89. The summed E-state index contributed by atoms with van der Waals surface area (Å²) in [5.74, 6) is 1.06. The van der Waals surface area contributed by atoms with Crippen molar-refractivity contribution in [3.63, 3.8) is 0 Å². The third-order valence-electron chi connectivity index (χ3n) is 5.83. The summed E-state index contributed by atoms with van der Waals surface area (Å²) < 4.78 is 33.7. The molecule has 4 heterocycles. The summed E-state index contributed by atoms with van der Waals surface area (Å²) in [4.78, 5) is 7.00. The molecule has 5 rings (SSSR count). The van der Waals surface area contributed by atoms with Gasteiger partial charge in [0.05, 0.1) is 30.3 Å². The predicted octanol–water partition coefficient (Wildman–Crippen LogP) is 1.24. The van der Waals surface area contributed by atoms with Gasteiger partial charge in [-0.2, -0.15) is 5.10 Å². The molecule has 8 nitrogen and oxygen atoms in total. The number of anilines is 1. The van der Waals surface area contributed by atoms with E-state index in [4.69, 9.17) is 14.8 Å². The van der Waals surface area contributed by atoms with Crippen LogP contribution in [0.3, 0.4) is 0 Å². The normalized spacial score (nSPS) is 23.2. The molecule has 0 aromatic carbocycles. The zero-order valence-electron chi connectivity index (χ0n) is 15.3. The van der Waals surface area contributed by atoms with Crippen molar-refractivity contribution in [3.8, 4) is 0 Å². The van der Waals surface area contributed by atoms with Gasteiger partial charge in [-0.3, -0.25) is 0 Å². The number of morpholine rings is 1. The molecule has 0 bridgehead atoms. The number of ether oxygens (including phenoxy) is 1. The fourth-order valence-corrected chi connectivity index (χ4v) is 5.89. The van der Waals surface area contributed by atoms with Crippen LogP contribution in [0.25, 0.3) is 5.65 Å². The summed E-state index contributed by atoms with van der Waals surface area (Å²) in [6.07, 6.45) is 5.26. The highest BCUT2D eigenvalue weighted by atomic mass is 32.2. The van der Waals surface area contributed by atoms with Gasteiger partial charge in [0, 0.05) is 32.1 Å². The summed E-state index contributed by atoms with van der Waals surface area (Å²) in [7, 11) is -3.07. The molecule has 0 spiro atoms. The van der Waals surface area contributed by atoms with Crippen molar-refractivity contribution in [2.24, 2.45) is 0 Å². The molecule has 27 heavy (non-hydrogen) atoms. The Bertz CT molecular complexity index is 926. The van der Waals surface area contributed by atoms with Crippen LogP contribution in [0.2, 0.25) is 0 Å². The number of pyridine rings is 1. The maximum Gasteiger partial charge on any atom is 0.216 e. The smallest absolute Gasteiger partial charge is 0.216 e. The van der Waals surface area contributed by atoms with Gasteiger partial charge in [-0.15, -0.1) is 0 Å². The molecule has 3 fully saturated rings. The Hall–Kier alpha value is -1.71. The zero-order valence-corrected chi connectivity index (χ0v) is 16.1. The molecule has 0 unspecified atom stereocenters. The van der Waals surface area contributed by atoms with Crippen molar-refractivity contribution in [1.29, 1.82) is 0 Å². The van der Waals surface area contributed by atoms with Crippen LogP contribution in [0.4, 0.5) is 5.69 Å². The van der Waals surface area contributed by atoms with Crippen molar-refractivity contribution >= 4 is 21.4 Å². The maximum atomic E-state index is 12.4. The van der Waals surface area contributed by atoms with E-state index in [9.17, 15) is 8.42 Å². The molecule has 1 saturated carbocycles. The Morgan fingerprint density at radius 2 is 1.74 bits per heavy atom. The second kappa shape index (κ2) is 6.72. The van der Waals surface area contributed by atoms with Crippen LogP contribution in [-0.2, 0) is 14.8 Å². The van der Waals surface area contributed by atoms with Crippen molar-refractivity contribution in [3.05, 3.63) is 24.2 Å². The molecular weight excluding hydrogens is 366 g/mol. The van der Waals surface area contributed by atoms with E-state index < -0.39 is 10.0 Å². The van der Waals surface area contributed by atoms with Crippen LogP contribution >= 0.6 is 0 Å². The number of hydrogen-bond acceptors (Lipinski definition) is 6. The van der Waals surface area contributed by atoms with E-state index in [2.05, 4.69) is 11.0 Å². The topological polar surface area (TPSA) is 80.0 Å². The number of rotatable bonds is 4. The first kappa shape index (κ1) is 17.4. The Morgan fingerprint density at radius 1 is 1.00 bits per heavy atom. The van der Waals surface area contributed by atoms with Gasteiger partial charge < -0.3 is 9.64 Å². The minimum absolute atomic E-state index is 0.124. The Labute approximate surface area is 159 Å². The molecule has 0 radical (unpaired) electrons. The van der Waals surface area contributed by atoms with Gasteiger partial charge >= 0.3 is 0 Å². The first-order chi connectivity index (χ1) is 13.1. The highest BCUT2D eigenvalue weighted by molar-refractivity contribution is 7.90. The van der Waals surface area contributed by atoms with Crippen molar-refractivity contribution in [1.82, 2.24) is 18.9 Å². The minimum atomic E-state index is -3.07. The van der Waals surface area contributed by atoms with Gasteiger partial charge in [0.2, 0.25) is 10.0 Å². The molecule has 2 saturated heterocycles. The number of sulfonamides is 1. The highest BCUT2D eigenvalue weighted by Gasteiger charge is 2.41. The van der Waals surface area contributed by atoms with Gasteiger partial charge in [-0.05, 0) is 37.8 Å². The van der Waals surface area contributed by atoms with E-state index in [0.29, 0.717) is 13.1 Å². The zero-order chi connectivity index (χ0) is 18.4. The molecule has 2 aliphatic heterocycles. The number of nitrogens with zero attached hydrogens (tertiary/aromatic N) is 5. The van der Waals surface area contributed by atoms with Crippen molar-refractivity contribution in [2.75, 3.05) is 44.3 Å². The fourth-order valence-electron chi connectivity index (χ4n) is 4.02. The van der Waals surface area contributed by atoms with Crippen LogP contribution < -0.4 is 4.90 Å². The molecular formula is C18H25N5O3S. The first-order valence-corrected chi connectivity index (χ1v) is 11.3. The Kier molecular flexibility index (Phi) is 4.33. The second-order valence-electron chi connectivity index (χ2n) is 7.68. The third kappa shape index (κ3) is 3.32. The average Bonchev–Trinajstić information content (AvgIpc) is 3.48. The molecule has 0 atom stereocenters. The van der Waals surface area contributed by atoms with Gasteiger partial charge in [0.15, 0.2) is 11.5 Å². The molecule has 3 aliphatic rings. The van der Waals surface area contributed by atoms with E-state index in [-0.39, 0.29) is 11.2 Å². The van der Waals surface area contributed by atoms with Gasteiger partial charge in [-0.1, -0.05) is 0 Å². The van der Waals surface area contributed by atoms with E-state index in [1.165, 1.54) is 0 Å². The molecule has 2 aromatic rings. The van der Waals surface area contributed by atoms with Crippen LogP contribution in [0.5, 0.6) is 0 Å². The van der Waals surface area contributed by atoms with E-state index >= 15 is 0 Å². The van der Waals surface area contributed by atoms with Crippen molar-refractivity contribution < 1.29 is 13.2 Å². The van der Waals surface area contributed by atoms with E-state index in [1.807, 2.05) is 16.8 Å². The van der Waals surface area contributed by atoms with Crippen LogP contribution in [0, 0.1) is 0 Å². The Balaban J connectivity index is 1.30. The molecule has 0 amide bonds. The van der Waals surface area contributed by atoms with Gasteiger partial charge in [-0.25, -0.2) is 22.2 Å². The fraction of sp³-hybridized carbons (Fsp3) is 0.667. The lowest BCUT2D eigenvalue weighted by Crippen LogP contribution is -2.39. The average molecular weight is 391 g/mol. The molecule has 146 valence electrons. The quantitative estimate of drug-likeness (QED) is 0.780. The number of fused-ring (bicyclic) bond motifs is 1. The number of hydrogen-bond donors (Lipinski definition) is 0. The third-order valence-corrected chi connectivity index (χ3v) is 8.23. The number of piperidine rings is 1. The monoisotopic (exact) mass is 391 g/mol. The summed E-state index contributed by atoms with van der Waals surface area (Å²) >= 11 is 0. The standard InChI is InChI=1S/C18H25N5O3S/c24-27(25,16-2-3-16)22-7-5-14(6-8-22)18-19-17-4-1-15(13-23(17)20-18)21-9-11-26-12-10-21/h1,4,13-14,16H,2-3,5-12H2. The SMILES string of the molecule is O=S(=O)(C1CC1)N1CCC(c2nc3ccc(N4CCOCC4)cn3n2)CC1. The summed E-state index contributed by atoms with van der Waals surface area (Å²) in [5, 5.41) is 4.58. The minimum Gasteiger partial charge on any atom is -0.378 e. The summed E-state index contributed by atoms with van der Waals surface area (Å²) in [6, 6.07) is 4.10. The molecule has 0 N–H and O–H groups in total. The summed E-state index contributed by atoms with van der Waals surface area (Å²) in [6.45, 7) is 4.45. The highest BCUT2D eigenvalue weighted by Crippen LogP contribution is 2.35. The lowest BCUT2D eigenvalue weighted by atomic mass is 9.98. The lowest BCUT2D eigenvalue weighted by molar-refractivity contribution is 0.122. The van der Waals surface area contributed by atoms with E-state index in [1.54, 1.807) is 4.31 Å². The molecule has 9 heteroatoms. The maximum absolute atomic E-state index is 12.4. The van der Waals surface area contributed by atoms with Gasteiger partial charge in [0.25, 0.3) is 0 Å². The molecule has 1 aliphatic carbocycles. The van der Waals surface area contributed by atoms with Crippen molar-refractivity contribution in [2.45, 2.75) is 36.9 Å². The predicted molar refractivity (Wildman–Crippen MR) is 102 cm³/mol. The van der Waals surface area contributed by atoms with Crippen LogP contribution in [-0.4, -0.2) is 72.0 Å². The van der Waals surface area contributed by atoms with E-state index in [0.717, 1.165) is 69.1 Å². The summed E-state index contributed by atoms with van der Waals surface area (Å²) in [5.41, 5.74) is 1.97. The van der Waals surface area contributed by atoms with Crippen LogP contribution in [0.1, 0.15) is 37.4 Å². The first-order valence-electron chi connectivity index (χ1n) is 9.79. The van der Waals surface area contributed by atoms with Gasteiger partial charge in [0.1, 0.15) is 0 Å².